The van der Waals surface area contributed by atoms with Crippen LogP contribution in [0.25, 0.3) is 0 Å². The summed E-state index contributed by atoms with van der Waals surface area (Å²) in [5.74, 6) is -2.57. The predicted molar refractivity (Wildman–Crippen MR) is 95.1 cm³/mol. The first-order valence-corrected chi connectivity index (χ1v) is 17.9. The third kappa shape index (κ3) is 8.21. The summed E-state index contributed by atoms with van der Waals surface area (Å²) in [6.45, 7) is 4.76. The molecule has 9 nitrogen and oxygen atoms in total. The Morgan fingerprint density at radius 3 is 1.67 bits per heavy atom. The number of carbonyl (C=O) groups is 4. The van der Waals surface area contributed by atoms with Crippen molar-refractivity contribution in [2.45, 2.75) is 75.1 Å². The number of rotatable bonds is 7. The van der Waals surface area contributed by atoms with Gasteiger partial charge in [-0.05, 0) is 0 Å². The van der Waals surface area contributed by atoms with Crippen LogP contribution in [0.2, 0.25) is 16.7 Å². The van der Waals surface area contributed by atoms with E-state index in [1.807, 2.05) is 0 Å². The fraction of sp³-hybridized carbons (Fsp3) is 0.750. The molecule has 0 radical (unpaired) electrons. The summed E-state index contributed by atoms with van der Waals surface area (Å²) in [5.41, 5.74) is 4.37. The van der Waals surface area contributed by atoms with E-state index in [-0.39, 0.29) is 13.0 Å². The van der Waals surface area contributed by atoms with Gasteiger partial charge in [0.2, 0.25) is 0 Å². The van der Waals surface area contributed by atoms with Gasteiger partial charge in [0.15, 0.2) is 0 Å². The van der Waals surface area contributed by atoms with Crippen LogP contribution in [0.3, 0.4) is 0 Å². The summed E-state index contributed by atoms with van der Waals surface area (Å²) in [7, 11) is 0. The first kappa shape index (κ1) is 24.0. The van der Waals surface area contributed by atoms with Crippen LogP contribution in [0.15, 0.2) is 0 Å². The molecule has 0 saturated carbocycles. The molecule has 1 saturated heterocycles. The van der Waals surface area contributed by atoms with E-state index in [0.717, 1.165) is 6.92 Å². The molecule has 0 aromatic rings. The molecule has 1 heterocycles. The molecule has 154 valence electrons. The molecule has 1 aliphatic rings. The van der Waals surface area contributed by atoms with E-state index >= 15 is 0 Å². The van der Waals surface area contributed by atoms with Gasteiger partial charge in [0.05, 0.1) is 0 Å². The fourth-order valence-electron chi connectivity index (χ4n) is 2.47. The third-order valence-electron chi connectivity index (χ3n) is 3.28. The van der Waals surface area contributed by atoms with Crippen molar-refractivity contribution >= 4 is 49.6 Å². The number of esters is 4. The second-order valence-corrected chi connectivity index (χ2v) is 21.4. The fourth-order valence-corrected chi connectivity index (χ4v) is 8.82. The minimum atomic E-state index is -1.27. The molecule has 11 heteroatoms. The Hall–Kier alpha value is -1.08. The monoisotopic (exact) mass is 516 g/mol. The Morgan fingerprint density at radius 1 is 0.778 bits per heavy atom. The molecule has 0 aromatic heterocycles. The van der Waals surface area contributed by atoms with E-state index in [4.69, 9.17) is 23.7 Å². The second-order valence-electron chi connectivity index (χ2n) is 5.98. The number of carbonyl (C=O) groups excluding carboxylic acids is 4. The molecule has 0 aliphatic carbocycles. The molecule has 1 aliphatic heterocycles. The van der Waals surface area contributed by atoms with Gasteiger partial charge in [-0.3, -0.25) is 0 Å². The van der Waals surface area contributed by atoms with Gasteiger partial charge >= 0.3 is 168 Å². The molecule has 0 N–H and O–H groups in total. The second kappa shape index (κ2) is 11.0. The number of ether oxygens (including phenoxy) is 5. The summed E-state index contributed by atoms with van der Waals surface area (Å²) >= 11 is -0.695. The molecule has 0 spiro atoms. The molecule has 5 atom stereocenters. The molecule has 1 rings (SSSR count). The van der Waals surface area contributed by atoms with Crippen LogP contribution >= 0.6 is 0 Å². The third-order valence-corrected chi connectivity index (χ3v) is 12.6. The van der Waals surface area contributed by atoms with Crippen molar-refractivity contribution in [3.05, 3.63) is 0 Å². The van der Waals surface area contributed by atoms with Gasteiger partial charge in [-0.1, -0.05) is 0 Å². The zero-order chi connectivity index (χ0) is 20.7. The Balaban J connectivity index is 3.27. The van der Waals surface area contributed by atoms with Crippen LogP contribution in [0, 0.1) is 0 Å². The molecular weight excluding hydrogens is 490 g/mol. The Kier molecular flexibility index (Phi) is 9.80. The Morgan fingerprint density at radius 2 is 1.22 bits per heavy atom. The Bertz CT molecular complexity index is 568. The zero-order valence-electron chi connectivity index (χ0n) is 16.1. The summed E-state index contributed by atoms with van der Waals surface area (Å²) in [6, 6.07) is 0. The van der Waals surface area contributed by atoms with Crippen molar-refractivity contribution < 1.29 is 42.9 Å². The molecule has 0 aromatic carbocycles. The van der Waals surface area contributed by atoms with E-state index in [9.17, 15) is 19.2 Å². The average molecular weight is 515 g/mol. The molecular formula is C16H25AsO9Se. The average Bonchev–Trinajstić information content (AvgIpc) is 2.49. The van der Waals surface area contributed by atoms with Crippen molar-refractivity contribution in [1.82, 2.24) is 0 Å². The van der Waals surface area contributed by atoms with Crippen LogP contribution in [0.1, 0.15) is 27.7 Å². The van der Waals surface area contributed by atoms with Crippen molar-refractivity contribution in [3.63, 3.8) is 0 Å². The van der Waals surface area contributed by atoms with Crippen LogP contribution < -0.4 is 0 Å². The topological polar surface area (TPSA) is 114 Å². The normalized spacial score (nSPS) is 27.6. The van der Waals surface area contributed by atoms with Crippen LogP contribution in [0.5, 0.6) is 0 Å². The quantitative estimate of drug-likeness (QED) is 0.271. The van der Waals surface area contributed by atoms with Gasteiger partial charge in [-0.2, -0.15) is 0 Å². The van der Waals surface area contributed by atoms with Crippen LogP contribution in [-0.2, 0) is 42.9 Å². The summed E-state index contributed by atoms with van der Waals surface area (Å²) < 4.78 is 26.9. The predicted octanol–water partition coefficient (Wildman–Crippen LogP) is 0.443. The molecule has 0 bridgehead atoms. The van der Waals surface area contributed by atoms with Crippen LogP contribution in [0.4, 0.5) is 0 Å². The molecule has 5 unspecified atom stereocenters. The van der Waals surface area contributed by atoms with Gasteiger partial charge < -0.3 is 0 Å². The maximum absolute atomic E-state index is 11.6. The van der Waals surface area contributed by atoms with E-state index in [0.29, 0.717) is 5.32 Å². The van der Waals surface area contributed by atoms with Crippen molar-refractivity contribution in [2.75, 3.05) is 0 Å². The minimum absolute atomic E-state index is 0.270. The van der Waals surface area contributed by atoms with E-state index in [2.05, 4.69) is 11.4 Å². The molecule has 27 heavy (non-hydrogen) atoms. The number of hydrogen-bond donors (Lipinski definition) is 0. The van der Waals surface area contributed by atoms with E-state index < -0.39 is 67.4 Å². The molecule has 1 fully saturated rings. The van der Waals surface area contributed by atoms with Gasteiger partial charge in [-0.15, -0.1) is 0 Å². The van der Waals surface area contributed by atoms with Crippen molar-refractivity contribution in [1.29, 1.82) is 0 Å². The van der Waals surface area contributed by atoms with E-state index in [1.54, 1.807) is 0 Å². The van der Waals surface area contributed by atoms with Crippen molar-refractivity contribution in [3.8, 4) is 0 Å². The number of hydrogen-bond acceptors (Lipinski definition) is 9. The maximum atomic E-state index is 11.6. The van der Waals surface area contributed by atoms with Crippen LogP contribution in [-0.4, -0.2) is 80.3 Å². The first-order chi connectivity index (χ1) is 12.5. The van der Waals surface area contributed by atoms with Gasteiger partial charge in [0.1, 0.15) is 0 Å². The molecule has 0 amide bonds. The Labute approximate surface area is 167 Å². The first-order valence-electron chi connectivity index (χ1n) is 8.15. The van der Waals surface area contributed by atoms with E-state index in [1.165, 1.54) is 20.8 Å². The van der Waals surface area contributed by atoms with Crippen molar-refractivity contribution in [2.24, 2.45) is 0 Å². The summed E-state index contributed by atoms with van der Waals surface area (Å²) in [4.78, 5) is 46.3. The zero-order valence-corrected chi connectivity index (χ0v) is 19.7. The summed E-state index contributed by atoms with van der Waals surface area (Å²) in [5, 5.41) is 0.584. The van der Waals surface area contributed by atoms with Gasteiger partial charge in [0.25, 0.3) is 0 Å². The SMILES string of the molecule is CC(=O)OC1OC(C[Se][As](C)C)C(OC(C)=O)C(OC(C)=O)C1OC(C)=O. The van der Waals surface area contributed by atoms with Gasteiger partial charge in [0, 0.05) is 0 Å². The standard InChI is InChI=1S/C16H25AsO9Se/c1-8(18)22-13-12(7-27-17(5)6)26-16(25-11(4)21)15(24-10(3)20)14(13)23-9(2)19/h12-16H,7H2,1-6H3. The van der Waals surface area contributed by atoms with Gasteiger partial charge in [-0.25, -0.2) is 0 Å². The summed E-state index contributed by atoms with van der Waals surface area (Å²) in [6.07, 6.45) is -5.29.